The number of carbonyl (C=O) groups is 4. The summed E-state index contributed by atoms with van der Waals surface area (Å²) in [5.41, 5.74) is -1.21. The first-order chi connectivity index (χ1) is 22.8. The smallest absolute Gasteiger partial charge is 0.408 e. The van der Waals surface area contributed by atoms with Gasteiger partial charge < -0.3 is 20.5 Å². The predicted octanol–water partition coefficient (Wildman–Crippen LogP) is 8.38. The van der Waals surface area contributed by atoms with Gasteiger partial charge in [0.25, 0.3) is 0 Å². The number of nitrogens with one attached hydrogen (secondary N) is 2. The van der Waals surface area contributed by atoms with Crippen molar-refractivity contribution in [3.8, 4) is 0 Å². The molecule has 3 N–H and O–H groups in total. The second-order valence-electron chi connectivity index (χ2n) is 18.8. The highest BCUT2D eigenvalue weighted by Gasteiger charge is 2.70. The lowest BCUT2D eigenvalue weighted by molar-refractivity contribution is -0.232. The number of allylic oxidation sites excluding steroid dienone is 1. The molecule has 5 aliphatic carbocycles. The van der Waals surface area contributed by atoms with E-state index in [1.54, 1.807) is 0 Å². The molecule has 0 spiro atoms. The number of ether oxygens (including phenoxy) is 1. The molecular formula is C39H59F3N2O6. The minimum absolute atomic E-state index is 0.00438. The minimum atomic E-state index is -4.58. The van der Waals surface area contributed by atoms with Crippen LogP contribution in [0.5, 0.6) is 0 Å². The number of carboxylic acid groups (broad SMARTS) is 1. The van der Waals surface area contributed by atoms with Crippen LogP contribution < -0.4 is 10.6 Å². The van der Waals surface area contributed by atoms with Crippen LogP contribution in [0, 0.1) is 50.7 Å². The Hall–Kier alpha value is -2.59. The minimum Gasteiger partial charge on any atom is -0.481 e. The van der Waals surface area contributed by atoms with E-state index < -0.39 is 41.1 Å². The number of fused-ring (bicyclic) bond motifs is 7. The summed E-state index contributed by atoms with van der Waals surface area (Å²) in [4.78, 5) is 51.6. The van der Waals surface area contributed by atoms with Crippen molar-refractivity contribution in [1.82, 2.24) is 10.6 Å². The molecule has 0 radical (unpaired) electrons. The monoisotopic (exact) mass is 708 g/mol. The van der Waals surface area contributed by atoms with Gasteiger partial charge in [-0.05, 0) is 123 Å². The molecule has 5 aliphatic rings. The molecule has 282 valence electrons. The molecule has 0 aliphatic heterocycles. The summed E-state index contributed by atoms with van der Waals surface area (Å²) in [6.45, 7) is 19.6. The quantitative estimate of drug-likeness (QED) is 0.229. The number of rotatable bonds is 7. The van der Waals surface area contributed by atoms with Gasteiger partial charge in [-0.15, -0.1) is 0 Å². The number of alkyl halides is 3. The highest BCUT2D eigenvalue weighted by Crippen LogP contribution is 2.76. The van der Waals surface area contributed by atoms with Crippen LogP contribution >= 0.6 is 0 Å². The van der Waals surface area contributed by atoms with Crippen molar-refractivity contribution >= 4 is 23.8 Å². The van der Waals surface area contributed by atoms with E-state index in [-0.39, 0.29) is 64.1 Å². The van der Waals surface area contributed by atoms with E-state index in [0.717, 1.165) is 56.6 Å². The van der Waals surface area contributed by atoms with Gasteiger partial charge in [0, 0.05) is 11.8 Å². The lowest BCUT2D eigenvalue weighted by atomic mass is 9.33. The number of hydrogen-bond acceptors (Lipinski definition) is 5. The number of carboxylic acids is 1. The van der Waals surface area contributed by atoms with Crippen molar-refractivity contribution < 1.29 is 42.2 Å². The van der Waals surface area contributed by atoms with E-state index in [9.17, 15) is 37.5 Å². The average Bonchev–Trinajstić information content (AvgIpc) is 3.25. The van der Waals surface area contributed by atoms with E-state index in [0.29, 0.717) is 18.8 Å². The molecule has 0 aromatic carbocycles. The number of aliphatic carboxylic acids is 1. The van der Waals surface area contributed by atoms with Crippen LogP contribution in [-0.2, 0) is 19.1 Å². The predicted molar refractivity (Wildman–Crippen MR) is 183 cm³/mol. The molecule has 9 atom stereocenters. The first kappa shape index (κ1) is 38.6. The van der Waals surface area contributed by atoms with Crippen molar-refractivity contribution in [3.05, 3.63) is 11.1 Å². The Morgan fingerprint density at radius 2 is 1.54 bits per heavy atom. The second kappa shape index (κ2) is 12.2. The number of amides is 2. The lowest BCUT2D eigenvalue weighted by Crippen LogP contribution is -2.67. The molecule has 0 heterocycles. The zero-order valence-electron chi connectivity index (χ0n) is 31.7. The van der Waals surface area contributed by atoms with Crippen LogP contribution in [0.25, 0.3) is 0 Å². The van der Waals surface area contributed by atoms with Gasteiger partial charge in [0.1, 0.15) is 12.1 Å². The summed E-state index contributed by atoms with van der Waals surface area (Å²) < 4.78 is 46.2. The SMILES string of the molecule is CC(C)C1=C2C3CCC4[C@@]5(C)CC[C@H](OC(=O)CC(C)(C)C(=O)O)C(C)(C)C5CC[C@@]4(C)[C@]3(C)CC[C@@]2(NC(=O)N[C@H](C)C(F)(F)F)CC1=O. The molecule has 4 fully saturated rings. The Kier molecular flexibility index (Phi) is 9.46. The van der Waals surface area contributed by atoms with E-state index in [2.05, 4.69) is 45.3 Å². The van der Waals surface area contributed by atoms with Crippen molar-refractivity contribution in [2.45, 2.75) is 157 Å². The normalized spacial score (nSPS) is 38.7. The van der Waals surface area contributed by atoms with Crippen LogP contribution in [-0.4, -0.2) is 52.7 Å². The zero-order chi connectivity index (χ0) is 37.6. The average molecular weight is 709 g/mol. The fourth-order valence-corrected chi connectivity index (χ4v) is 12.1. The van der Waals surface area contributed by atoms with Crippen LogP contribution in [0.4, 0.5) is 18.0 Å². The van der Waals surface area contributed by atoms with Gasteiger partial charge in [0.15, 0.2) is 5.78 Å². The Labute approximate surface area is 295 Å². The van der Waals surface area contributed by atoms with Crippen LogP contribution in [0.2, 0.25) is 0 Å². The molecule has 0 aromatic heterocycles. The summed E-state index contributed by atoms with van der Waals surface area (Å²) in [5.74, 6) is -0.984. The first-order valence-corrected chi connectivity index (χ1v) is 18.6. The van der Waals surface area contributed by atoms with Crippen molar-refractivity contribution in [2.24, 2.45) is 50.7 Å². The molecule has 0 bridgehead atoms. The van der Waals surface area contributed by atoms with Crippen LogP contribution in [0.1, 0.15) is 133 Å². The Morgan fingerprint density at radius 3 is 2.12 bits per heavy atom. The van der Waals surface area contributed by atoms with Gasteiger partial charge in [-0.3, -0.25) is 14.4 Å². The number of urea groups is 1. The number of halogens is 3. The number of esters is 1. The summed E-state index contributed by atoms with van der Waals surface area (Å²) in [6.07, 6.45) is 1.43. The van der Waals surface area contributed by atoms with Gasteiger partial charge >= 0.3 is 24.1 Å². The van der Waals surface area contributed by atoms with Crippen molar-refractivity contribution in [1.29, 1.82) is 0 Å². The summed E-state index contributed by atoms with van der Waals surface area (Å²) in [7, 11) is 0. The maximum Gasteiger partial charge on any atom is 0.408 e. The highest BCUT2D eigenvalue weighted by molar-refractivity contribution is 6.02. The Balaban J connectivity index is 1.44. The molecule has 2 amide bonds. The van der Waals surface area contributed by atoms with Gasteiger partial charge in [-0.1, -0.05) is 48.5 Å². The number of hydrogen-bond donors (Lipinski definition) is 3. The van der Waals surface area contributed by atoms with Gasteiger partial charge in [-0.25, -0.2) is 4.79 Å². The summed E-state index contributed by atoms with van der Waals surface area (Å²) in [6, 6.07) is -2.92. The van der Waals surface area contributed by atoms with E-state index in [1.165, 1.54) is 13.8 Å². The number of Topliss-reactive ketones (excluding diaryl/α,β-unsaturated/α-hetero) is 1. The molecule has 8 nitrogen and oxygen atoms in total. The van der Waals surface area contributed by atoms with Gasteiger partial charge in [0.2, 0.25) is 0 Å². The largest absolute Gasteiger partial charge is 0.481 e. The third kappa shape index (κ3) is 5.88. The molecule has 5 rings (SSSR count). The first-order valence-electron chi connectivity index (χ1n) is 18.6. The molecule has 3 unspecified atom stereocenters. The van der Waals surface area contributed by atoms with E-state index in [4.69, 9.17) is 4.74 Å². The third-order valence-electron chi connectivity index (χ3n) is 15.0. The topological polar surface area (TPSA) is 122 Å². The van der Waals surface area contributed by atoms with Gasteiger partial charge in [-0.2, -0.15) is 13.2 Å². The van der Waals surface area contributed by atoms with E-state index >= 15 is 0 Å². The lowest BCUT2D eigenvalue weighted by Gasteiger charge is -2.72. The molecule has 0 saturated heterocycles. The van der Waals surface area contributed by atoms with Crippen LogP contribution in [0.3, 0.4) is 0 Å². The fraction of sp³-hybridized carbons (Fsp3) is 0.846. The van der Waals surface area contributed by atoms with Crippen molar-refractivity contribution in [3.63, 3.8) is 0 Å². The molecule has 11 heteroatoms. The number of ketones is 1. The number of carbonyl (C=O) groups excluding carboxylic acids is 3. The standard InChI is InChI=1S/C39H59F3N2O6/c1-21(2)29-24(45)19-38(44-32(49)43-22(3)39(40,41)42)18-17-36(9)23(30(29)38)11-12-26-35(8)15-14-27(50-28(46)20-33(4,5)31(47)48)34(6,7)25(35)13-16-37(26,36)10/h21-23,25-27H,11-20H2,1-10H3,(H,47,48)(H2,43,44,49)/t22-,23?,25?,26?,27+,35+,36-,37-,38-/m1/s1. The molecule has 50 heavy (non-hydrogen) atoms. The molecule has 4 saturated carbocycles. The maximum absolute atomic E-state index is 13.7. The second-order valence-corrected chi connectivity index (χ2v) is 18.8. The van der Waals surface area contributed by atoms with E-state index in [1.807, 2.05) is 13.8 Å². The fourth-order valence-electron chi connectivity index (χ4n) is 12.1. The summed E-state index contributed by atoms with van der Waals surface area (Å²) >= 11 is 0. The molecular weight excluding hydrogens is 649 g/mol. The summed E-state index contributed by atoms with van der Waals surface area (Å²) in [5, 5.41) is 14.6. The Bertz CT molecular complexity index is 1470. The molecule has 0 aromatic rings. The Morgan fingerprint density at radius 1 is 0.900 bits per heavy atom. The highest BCUT2D eigenvalue weighted by atomic mass is 19.4. The zero-order valence-corrected chi connectivity index (χ0v) is 31.7. The van der Waals surface area contributed by atoms with Crippen molar-refractivity contribution in [2.75, 3.05) is 0 Å². The van der Waals surface area contributed by atoms with Gasteiger partial charge in [0.05, 0.1) is 17.4 Å². The third-order valence-corrected chi connectivity index (χ3v) is 15.0. The van der Waals surface area contributed by atoms with Crippen LogP contribution in [0.15, 0.2) is 11.1 Å². The maximum atomic E-state index is 13.7.